The minimum Gasteiger partial charge on any atom is -0.381 e. The summed E-state index contributed by atoms with van der Waals surface area (Å²) >= 11 is 0. The summed E-state index contributed by atoms with van der Waals surface area (Å²) in [7, 11) is 0. The first-order valence-corrected chi connectivity index (χ1v) is 8.17. The number of likely N-dealkylation sites (tertiary alicyclic amines) is 1. The van der Waals surface area contributed by atoms with Crippen molar-refractivity contribution in [2.24, 2.45) is 0 Å². The van der Waals surface area contributed by atoms with Gasteiger partial charge in [-0.1, -0.05) is 12.1 Å². The number of hydrogen-bond donors (Lipinski definition) is 2. The molecular weight excluding hydrogens is 278 g/mol. The third kappa shape index (κ3) is 3.99. The Bertz CT molecular complexity index is 514. The van der Waals surface area contributed by atoms with Crippen molar-refractivity contribution in [1.82, 2.24) is 10.2 Å². The van der Waals surface area contributed by atoms with E-state index in [-0.39, 0.29) is 12.1 Å². The molecule has 5 nitrogen and oxygen atoms in total. The maximum absolute atomic E-state index is 12.1. The number of hydrogen-bond acceptors (Lipinski definition) is 3. The van der Waals surface area contributed by atoms with E-state index in [0.29, 0.717) is 6.04 Å². The van der Waals surface area contributed by atoms with Gasteiger partial charge in [-0.25, -0.2) is 4.79 Å². The van der Waals surface area contributed by atoms with Crippen LogP contribution in [0.4, 0.5) is 10.5 Å². The highest BCUT2D eigenvalue weighted by atomic mass is 16.5. The number of aryl methyl sites for hydroxylation is 1. The van der Waals surface area contributed by atoms with Crippen LogP contribution in [0.25, 0.3) is 0 Å². The third-order valence-electron chi connectivity index (χ3n) is 4.54. The second-order valence-electron chi connectivity index (χ2n) is 6.29. The first kappa shape index (κ1) is 15.3. The van der Waals surface area contributed by atoms with E-state index < -0.39 is 0 Å². The molecule has 2 aliphatic rings. The molecule has 22 heavy (non-hydrogen) atoms. The normalized spacial score (nSPS) is 23.4. The quantitative estimate of drug-likeness (QED) is 0.901. The lowest BCUT2D eigenvalue weighted by atomic mass is 10.1. The predicted molar refractivity (Wildman–Crippen MR) is 87.2 cm³/mol. The van der Waals surface area contributed by atoms with Crippen LogP contribution in [0, 0.1) is 6.92 Å². The number of carbonyl (C=O) groups excluding carboxylic acids is 1. The molecule has 0 radical (unpaired) electrons. The topological polar surface area (TPSA) is 53.6 Å². The van der Waals surface area contributed by atoms with Gasteiger partial charge in [0.1, 0.15) is 0 Å². The molecule has 2 amide bonds. The van der Waals surface area contributed by atoms with E-state index in [1.54, 1.807) is 0 Å². The van der Waals surface area contributed by atoms with E-state index in [1.165, 1.54) is 0 Å². The molecule has 0 bridgehead atoms. The van der Waals surface area contributed by atoms with Gasteiger partial charge in [-0.05, 0) is 43.9 Å². The number of carbonyl (C=O) groups is 1. The van der Waals surface area contributed by atoms with Gasteiger partial charge in [0.2, 0.25) is 0 Å². The van der Waals surface area contributed by atoms with Gasteiger partial charge >= 0.3 is 6.03 Å². The predicted octanol–water partition coefficient (Wildman–Crippen LogP) is 2.37. The maximum Gasteiger partial charge on any atom is 0.319 e. The van der Waals surface area contributed by atoms with Gasteiger partial charge in [0.15, 0.2) is 0 Å². The molecule has 1 unspecified atom stereocenters. The lowest BCUT2D eigenvalue weighted by molar-refractivity contribution is 0.0418. The van der Waals surface area contributed by atoms with Crippen molar-refractivity contribution in [1.29, 1.82) is 0 Å². The molecule has 0 spiro atoms. The van der Waals surface area contributed by atoms with Gasteiger partial charge < -0.3 is 15.4 Å². The molecule has 1 atom stereocenters. The summed E-state index contributed by atoms with van der Waals surface area (Å²) in [6.45, 7) is 5.78. The summed E-state index contributed by atoms with van der Waals surface area (Å²) in [6.07, 6.45) is 3.25. The summed E-state index contributed by atoms with van der Waals surface area (Å²) in [5, 5.41) is 6.01. The minimum absolute atomic E-state index is 0.107. The Hall–Kier alpha value is -1.59. The second kappa shape index (κ2) is 7.11. The monoisotopic (exact) mass is 303 g/mol. The van der Waals surface area contributed by atoms with Crippen LogP contribution in [0.15, 0.2) is 24.3 Å². The SMILES string of the molecule is Cc1cccc(NC(=O)NC2CCN(C3CCOCC3)C2)c1. The fourth-order valence-electron chi connectivity index (χ4n) is 3.36. The standard InChI is InChI=1S/C17H25N3O2/c1-13-3-2-4-14(11-13)18-17(21)19-15-5-8-20(12-15)16-6-9-22-10-7-16/h2-4,11,15-16H,5-10,12H2,1H3,(H2,18,19,21). The Morgan fingerprint density at radius 3 is 2.86 bits per heavy atom. The van der Waals surface area contributed by atoms with Crippen molar-refractivity contribution < 1.29 is 9.53 Å². The Balaban J connectivity index is 1.46. The zero-order valence-electron chi connectivity index (χ0n) is 13.2. The fraction of sp³-hybridized carbons (Fsp3) is 0.588. The smallest absolute Gasteiger partial charge is 0.319 e. The Morgan fingerprint density at radius 2 is 2.09 bits per heavy atom. The molecule has 2 fully saturated rings. The molecule has 1 aromatic carbocycles. The van der Waals surface area contributed by atoms with E-state index >= 15 is 0 Å². The van der Waals surface area contributed by atoms with E-state index in [4.69, 9.17) is 4.74 Å². The summed E-state index contributed by atoms with van der Waals surface area (Å²) in [5.41, 5.74) is 1.99. The van der Waals surface area contributed by atoms with Crippen LogP contribution in [-0.4, -0.2) is 49.3 Å². The second-order valence-corrected chi connectivity index (χ2v) is 6.29. The van der Waals surface area contributed by atoms with Crippen LogP contribution >= 0.6 is 0 Å². The lowest BCUT2D eigenvalue weighted by Crippen LogP contribution is -2.43. The molecule has 2 N–H and O–H groups in total. The van der Waals surface area contributed by atoms with Crippen LogP contribution in [0.5, 0.6) is 0 Å². The first-order chi connectivity index (χ1) is 10.7. The Kier molecular flexibility index (Phi) is 4.95. The maximum atomic E-state index is 12.1. The van der Waals surface area contributed by atoms with E-state index in [9.17, 15) is 4.79 Å². The molecule has 2 saturated heterocycles. The van der Waals surface area contributed by atoms with Gasteiger partial charge in [0.25, 0.3) is 0 Å². The Morgan fingerprint density at radius 1 is 1.27 bits per heavy atom. The number of urea groups is 1. The van der Waals surface area contributed by atoms with Crippen molar-refractivity contribution in [2.45, 2.75) is 38.3 Å². The van der Waals surface area contributed by atoms with E-state index in [0.717, 1.165) is 56.8 Å². The number of amides is 2. The molecule has 0 aromatic heterocycles. The lowest BCUT2D eigenvalue weighted by Gasteiger charge is -2.31. The van der Waals surface area contributed by atoms with Crippen LogP contribution in [-0.2, 0) is 4.74 Å². The van der Waals surface area contributed by atoms with Crippen molar-refractivity contribution in [3.63, 3.8) is 0 Å². The fourth-order valence-corrected chi connectivity index (χ4v) is 3.36. The molecule has 0 aliphatic carbocycles. The number of nitrogens with zero attached hydrogens (tertiary/aromatic N) is 1. The van der Waals surface area contributed by atoms with Gasteiger partial charge in [-0.2, -0.15) is 0 Å². The minimum atomic E-state index is -0.107. The highest BCUT2D eigenvalue weighted by Gasteiger charge is 2.30. The first-order valence-electron chi connectivity index (χ1n) is 8.17. The van der Waals surface area contributed by atoms with Gasteiger partial charge in [0, 0.05) is 44.1 Å². The molecule has 120 valence electrons. The van der Waals surface area contributed by atoms with E-state index in [1.807, 2.05) is 31.2 Å². The molecule has 2 heterocycles. The number of ether oxygens (including phenoxy) is 1. The average Bonchev–Trinajstić information content (AvgIpc) is 2.96. The molecule has 3 rings (SSSR count). The molecule has 5 heteroatoms. The number of benzene rings is 1. The molecule has 1 aromatic rings. The van der Waals surface area contributed by atoms with Crippen LogP contribution < -0.4 is 10.6 Å². The van der Waals surface area contributed by atoms with Crippen LogP contribution in [0.3, 0.4) is 0 Å². The number of nitrogens with one attached hydrogen (secondary N) is 2. The van der Waals surface area contributed by atoms with Gasteiger partial charge in [-0.15, -0.1) is 0 Å². The zero-order chi connectivity index (χ0) is 15.4. The summed E-state index contributed by atoms with van der Waals surface area (Å²) in [4.78, 5) is 14.6. The summed E-state index contributed by atoms with van der Waals surface area (Å²) < 4.78 is 5.42. The average molecular weight is 303 g/mol. The third-order valence-corrected chi connectivity index (χ3v) is 4.54. The van der Waals surface area contributed by atoms with Crippen molar-refractivity contribution in [3.8, 4) is 0 Å². The highest BCUT2D eigenvalue weighted by Crippen LogP contribution is 2.20. The van der Waals surface area contributed by atoms with Gasteiger partial charge in [-0.3, -0.25) is 4.90 Å². The number of anilines is 1. The molecule has 2 aliphatic heterocycles. The van der Waals surface area contributed by atoms with Crippen LogP contribution in [0.2, 0.25) is 0 Å². The van der Waals surface area contributed by atoms with Crippen LogP contribution in [0.1, 0.15) is 24.8 Å². The Labute approximate surface area is 132 Å². The number of rotatable bonds is 3. The molecule has 0 saturated carbocycles. The van der Waals surface area contributed by atoms with Crippen molar-refractivity contribution in [2.75, 3.05) is 31.6 Å². The van der Waals surface area contributed by atoms with E-state index in [2.05, 4.69) is 15.5 Å². The summed E-state index contributed by atoms with van der Waals surface area (Å²) in [5.74, 6) is 0. The zero-order valence-corrected chi connectivity index (χ0v) is 13.2. The van der Waals surface area contributed by atoms with Gasteiger partial charge in [0.05, 0.1) is 0 Å². The largest absolute Gasteiger partial charge is 0.381 e. The van der Waals surface area contributed by atoms with Crippen molar-refractivity contribution in [3.05, 3.63) is 29.8 Å². The summed E-state index contributed by atoms with van der Waals surface area (Å²) in [6, 6.07) is 8.62. The molecular formula is C17H25N3O2. The highest BCUT2D eigenvalue weighted by molar-refractivity contribution is 5.89. The van der Waals surface area contributed by atoms with Crippen molar-refractivity contribution >= 4 is 11.7 Å².